The largest absolute Gasteiger partial charge is 0.488 e. The van der Waals surface area contributed by atoms with Crippen molar-refractivity contribution in [1.82, 2.24) is 0 Å². The Labute approximate surface area is 212 Å². The summed E-state index contributed by atoms with van der Waals surface area (Å²) in [6, 6.07) is 21.9. The molecular weight excluding hydrogens is 452 g/mol. The number of anilines is 1. The van der Waals surface area contributed by atoms with Crippen molar-refractivity contribution in [3.05, 3.63) is 101 Å². The Kier molecular flexibility index (Phi) is 7.35. The molecule has 3 N–H and O–H groups in total. The van der Waals surface area contributed by atoms with Gasteiger partial charge in [-0.25, -0.2) is 4.79 Å². The summed E-state index contributed by atoms with van der Waals surface area (Å²) < 4.78 is 16.9. The second-order valence-electron chi connectivity index (χ2n) is 9.28. The maximum absolute atomic E-state index is 12.5. The summed E-state index contributed by atoms with van der Waals surface area (Å²) in [6.45, 7) is 4.12. The third-order valence-corrected chi connectivity index (χ3v) is 6.93. The molecule has 2 aliphatic rings. The minimum Gasteiger partial charge on any atom is -0.488 e. The van der Waals surface area contributed by atoms with Gasteiger partial charge < -0.3 is 19.9 Å². The Morgan fingerprint density at radius 1 is 1.14 bits per heavy atom. The molecule has 5 rings (SSSR count). The monoisotopic (exact) mass is 484 g/mol. The van der Waals surface area contributed by atoms with Crippen LogP contribution < -0.4 is 15.8 Å². The zero-order valence-corrected chi connectivity index (χ0v) is 20.5. The van der Waals surface area contributed by atoms with Crippen LogP contribution >= 0.6 is 0 Å². The SMILES string of the molecule is Cc1c(NC(=O)OCc2ccccc2)cccc1C(CN)C1=CCc2cc(OC3CCOC3)ccc21. The van der Waals surface area contributed by atoms with E-state index >= 15 is 0 Å². The van der Waals surface area contributed by atoms with Gasteiger partial charge in [-0.1, -0.05) is 54.6 Å². The lowest BCUT2D eigenvalue weighted by Crippen LogP contribution is -2.18. The molecule has 0 spiro atoms. The molecule has 0 bridgehead atoms. The molecule has 0 aromatic heterocycles. The molecule has 2 atom stereocenters. The van der Waals surface area contributed by atoms with E-state index in [1.807, 2.05) is 55.5 Å². The van der Waals surface area contributed by atoms with Crippen LogP contribution in [-0.4, -0.2) is 32.0 Å². The first kappa shape index (κ1) is 24.1. The van der Waals surface area contributed by atoms with Crippen LogP contribution in [0.3, 0.4) is 0 Å². The highest BCUT2D eigenvalue weighted by atomic mass is 16.6. The summed E-state index contributed by atoms with van der Waals surface area (Å²) in [5, 5.41) is 2.90. The molecule has 6 nitrogen and oxygen atoms in total. The number of allylic oxidation sites excluding steroid dienone is 1. The molecule has 1 aliphatic heterocycles. The minimum atomic E-state index is -0.478. The maximum Gasteiger partial charge on any atom is 0.411 e. The van der Waals surface area contributed by atoms with Crippen LogP contribution in [0.15, 0.2) is 72.8 Å². The van der Waals surface area contributed by atoms with Gasteiger partial charge in [-0.3, -0.25) is 5.32 Å². The smallest absolute Gasteiger partial charge is 0.411 e. The molecule has 3 aromatic rings. The van der Waals surface area contributed by atoms with Gasteiger partial charge in [0.05, 0.1) is 13.2 Å². The van der Waals surface area contributed by atoms with E-state index in [1.165, 1.54) is 16.7 Å². The lowest BCUT2D eigenvalue weighted by Gasteiger charge is -2.22. The van der Waals surface area contributed by atoms with E-state index in [-0.39, 0.29) is 18.6 Å². The zero-order chi connectivity index (χ0) is 24.9. The minimum absolute atomic E-state index is 0.0170. The molecule has 0 radical (unpaired) electrons. The van der Waals surface area contributed by atoms with Gasteiger partial charge in [0, 0.05) is 24.6 Å². The molecule has 186 valence electrons. The lowest BCUT2D eigenvalue weighted by molar-refractivity contribution is 0.141. The zero-order valence-electron chi connectivity index (χ0n) is 20.5. The molecule has 1 saturated heterocycles. The quantitative estimate of drug-likeness (QED) is 0.435. The van der Waals surface area contributed by atoms with E-state index in [2.05, 4.69) is 29.6 Å². The molecule has 1 amide bonds. The first-order chi connectivity index (χ1) is 17.6. The van der Waals surface area contributed by atoms with Gasteiger partial charge in [0.2, 0.25) is 0 Å². The molecule has 0 saturated carbocycles. The predicted octanol–water partition coefficient (Wildman–Crippen LogP) is 5.59. The maximum atomic E-state index is 12.5. The van der Waals surface area contributed by atoms with Crippen LogP contribution in [0, 0.1) is 6.92 Å². The van der Waals surface area contributed by atoms with Gasteiger partial charge in [0.15, 0.2) is 0 Å². The topological polar surface area (TPSA) is 82.8 Å². The van der Waals surface area contributed by atoms with Crippen molar-refractivity contribution in [2.75, 3.05) is 25.1 Å². The summed E-state index contributed by atoms with van der Waals surface area (Å²) in [5.74, 6) is 0.905. The van der Waals surface area contributed by atoms with Crippen LogP contribution in [0.2, 0.25) is 0 Å². The number of ether oxygens (including phenoxy) is 3. The van der Waals surface area contributed by atoms with Crippen LogP contribution in [0.5, 0.6) is 5.75 Å². The lowest BCUT2D eigenvalue weighted by atomic mass is 9.85. The molecular formula is C30H32N2O4. The Morgan fingerprint density at radius 2 is 2.00 bits per heavy atom. The summed E-state index contributed by atoms with van der Waals surface area (Å²) >= 11 is 0. The second-order valence-corrected chi connectivity index (χ2v) is 9.28. The van der Waals surface area contributed by atoms with Gasteiger partial charge in [-0.05, 0) is 64.9 Å². The third kappa shape index (κ3) is 5.30. The van der Waals surface area contributed by atoms with Crippen molar-refractivity contribution in [3.63, 3.8) is 0 Å². The summed E-state index contributed by atoms with van der Waals surface area (Å²) in [6.07, 6.45) is 3.69. The van der Waals surface area contributed by atoms with Gasteiger partial charge in [0.1, 0.15) is 18.5 Å². The third-order valence-electron chi connectivity index (χ3n) is 6.93. The highest BCUT2D eigenvalue weighted by Gasteiger charge is 2.26. The number of amides is 1. The molecule has 2 unspecified atom stereocenters. The molecule has 1 aliphatic carbocycles. The standard InChI is InChI=1S/C30H32N2O4/c1-20-25(8-5-9-29(20)32-30(33)35-18-21-6-3-2-4-7-21)28(17-31)27-12-10-22-16-23(11-13-26(22)27)36-24-14-15-34-19-24/h2-9,11-13,16,24,28H,10,14-15,17-19,31H2,1H3,(H,32,33). The highest BCUT2D eigenvalue weighted by Crippen LogP contribution is 2.41. The molecule has 36 heavy (non-hydrogen) atoms. The Balaban J connectivity index is 1.30. The van der Waals surface area contributed by atoms with Crippen LogP contribution in [0.4, 0.5) is 10.5 Å². The number of carbonyl (C=O) groups excluding carboxylic acids is 1. The molecule has 3 aromatic carbocycles. The number of benzene rings is 3. The summed E-state index contributed by atoms with van der Waals surface area (Å²) in [5.41, 5.74) is 13.7. The van der Waals surface area contributed by atoms with Crippen molar-refractivity contribution < 1.29 is 19.0 Å². The average molecular weight is 485 g/mol. The van der Waals surface area contributed by atoms with Gasteiger partial charge >= 0.3 is 6.09 Å². The van der Waals surface area contributed by atoms with E-state index < -0.39 is 6.09 Å². The number of nitrogens with two attached hydrogens (primary N) is 1. The fraction of sp³-hybridized carbons (Fsp3) is 0.300. The van der Waals surface area contributed by atoms with E-state index in [1.54, 1.807) is 0 Å². The molecule has 1 heterocycles. The first-order valence-corrected chi connectivity index (χ1v) is 12.5. The van der Waals surface area contributed by atoms with Gasteiger partial charge in [-0.2, -0.15) is 0 Å². The Morgan fingerprint density at radius 3 is 2.78 bits per heavy atom. The van der Waals surface area contributed by atoms with Crippen molar-refractivity contribution in [2.45, 2.75) is 38.4 Å². The van der Waals surface area contributed by atoms with Crippen LogP contribution in [0.1, 0.15) is 40.2 Å². The van der Waals surface area contributed by atoms with Crippen molar-refractivity contribution in [1.29, 1.82) is 0 Å². The van der Waals surface area contributed by atoms with E-state index in [4.69, 9.17) is 19.9 Å². The van der Waals surface area contributed by atoms with E-state index in [0.717, 1.165) is 47.6 Å². The summed E-state index contributed by atoms with van der Waals surface area (Å²) in [4.78, 5) is 12.5. The fourth-order valence-corrected chi connectivity index (χ4v) is 5.01. The first-order valence-electron chi connectivity index (χ1n) is 12.5. The molecule has 6 heteroatoms. The van der Waals surface area contributed by atoms with Crippen molar-refractivity contribution >= 4 is 17.4 Å². The predicted molar refractivity (Wildman–Crippen MR) is 141 cm³/mol. The second kappa shape index (κ2) is 11.0. The van der Waals surface area contributed by atoms with Crippen LogP contribution in [0.25, 0.3) is 5.57 Å². The van der Waals surface area contributed by atoms with Crippen molar-refractivity contribution in [2.24, 2.45) is 5.73 Å². The Hall–Kier alpha value is -3.61. The van der Waals surface area contributed by atoms with E-state index in [9.17, 15) is 4.79 Å². The number of nitrogens with one attached hydrogen (secondary N) is 1. The number of carbonyl (C=O) groups is 1. The van der Waals surface area contributed by atoms with Crippen LogP contribution in [-0.2, 0) is 22.5 Å². The van der Waals surface area contributed by atoms with E-state index in [0.29, 0.717) is 13.2 Å². The number of fused-ring (bicyclic) bond motifs is 1. The normalized spacial score (nSPS) is 17.3. The van der Waals surface area contributed by atoms with Gasteiger partial charge in [-0.15, -0.1) is 0 Å². The Bertz CT molecular complexity index is 1250. The van der Waals surface area contributed by atoms with Gasteiger partial charge in [0.25, 0.3) is 0 Å². The number of rotatable bonds is 8. The van der Waals surface area contributed by atoms with Crippen molar-refractivity contribution in [3.8, 4) is 5.75 Å². The molecule has 1 fully saturated rings. The number of hydrogen-bond donors (Lipinski definition) is 2. The number of hydrogen-bond acceptors (Lipinski definition) is 5. The highest BCUT2D eigenvalue weighted by molar-refractivity contribution is 5.87. The fourth-order valence-electron chi connectivity index (χ4n) is 5.01. The summed E-state index contributed by atoms with van der Waals surface area (Å²) in [7, 11) is 0. The average Bonchev–Trinajstić information content (AvgIpc) is 3.56.